The van der Waals surface area contributed by atoms with Crippen molar-refractivity contribution in [1.29, 1.82) is 0 Å². The molecule has 0 saturated carbocycles. The molecule has 0 aromatic heterocycles. The average molecular weight is 925 g/mol. The summed E-state index contributed by atoms with van der Waals surface area (Å²) in [6.45, 7) is 0. The lowest BCUT2D eigenvalue weighted by Crippen LogP contribution is -2.28. The summed E-state index contributed by atoms with van der Waals surface area (Å²) in [6.07, 6.45) is 0. The highest BCUT2D eigenvalue weighted by Crippen LogP contribution is 2.37. The molecule has 4 N–H and O–H groups in total. The smallest absolute Gasteiger partial charge is 0.346 e. The molecule has 0 unspecified atom stereocenters. The number of fused-ring (bicyclic) bond motifs is 2. The summed E-state index contributed by atoms with van der Waals surface area (Å²) in [5.74, 6) is -12.2. The molecular formula is C46H28N4O18-4. The van der Waals surface area contributed by atoms with Crippen LogP contribution in [0.3, 0.4) is 0 Å². The summed E-state index contributed by atoms with van der Waals surface area (Å²) in [4.78, 5) is 141. The minimum Gasteiger partial charge on any atom is -0.545 e. The second kappa shape index (κ2) is 18.7. The molecule has 22 nitrogen and oxygen atoms in total. The van der Waals surface area contributed by atoms with Crippen molar-refractivity contribution in [3.63, 3.8) is 0 Å². The van der Waals surface area contributed by atoms with Crippen LogP contribution in [0.15, 0.2) is 72.8 Å². The number of hydrogen-bond acceptors (Lipinski definition) is 18. The minimum absolute atomic E-state index is 0.0950. The lowest BCUT2D eigenvalue weighted by Gasteiger charge is -2.21. The van der Waals surface area contributed by atoms with E-state index in [2.05, 4.69) is 30.7 Å². The Kier molecular flexibility index (Phi) is 13.1. The van der Waals surface area contributed by atoms with Crippen LogP contribution in [-0.4, -0.2) is 99.6 Å². The maximum Gasteiger partial charge on any atom is 0.346 e. The van der Waals surface area contributed by atoms with Gasteiger partial charge in [-0.05, 0) is 48.5 Å². The van der Waals surface area contributed by atoms with E-state index in [9.17, 15) is 78.0 Å². The van der Waals surface area contributed by atoms with Crippen LogP contribution >= 0.6 is 0 Å². The number of esters is 4. The average Bonchev–Trinajstić information content (AvgIpc) is 3.32. The van der Waals surface area contributed by atoms with E-state index in [1.165, 1.54) is 64.6 Å². The number of carbonyl (C=O) groups is 12. The molecule has 8 rings (SSSR count). The number of benzene rings is 6. The summed E-state index contributed by atoms with van der Waals surface area (Å²) in [5, 5.41) is 54.7. The van der Waals surface area contributed by atoms with E-state index in [0.717, 1.165) is 36.4 Å². The Labute approximate surface area is 379 Å². The normalized spacial score (nSPS) is 12.0. The van der Waals surface area contributed by atoms with E-state index in [-0.39, 0.29) is 76.8 Å². The maximum absolute atomic E-state index is 12.0. The van der Waals surface area contributed by atoms with Crippen LogP contribution in [0, 0.1) is 0 Å². The van der Waals surface area contributed by atoms with Crippen molar-refractivity contribution in [3.8, 4) is 0 Å². The fourth-order valence-corrected chi connectivity index (χ4v) is 7.53. The van der Waals surface area contributed by atoms with Gasteiger partial charge in [-0.25, -0.2) is 19.2 Å². The van der Waals surface area contributed by atoms with Gasteiger partial charge in [0.2, 0.25) is 0 Å². The summed E-state index contributed by atoms with van der Waals surface area (Å²) >= 11 is 0. The number of ether oxygens (including phenoxy) is 2. The molecule has 0 spiro atoms. The van der Waals surface area contributed by atoms with Crippen molar-refractivity contribution < 1.29 is 87.4 Å². The number of nitrogens with one attached hydrogen (secondary N) is 4. The molecule has 6 aromatic rings. The molecule has 4 amide bonds. The first kappa shape index (κ1) is 47.6. The van der Waals surface area contributed by atoms with Gasteiger partial charge in [-0.3, -0.25) is 19.2 Å². The summed E-state index contributed by atoms with van der Waals surface area (Å²) in [7, 11) is 5.34. The van der Waals surface area contributed by atoms with E-state index in [0.29, 0.717) is 0 Å². The molecule has 0 aliphatic carbocycles. The first-order chi connectivity index (χ1) is 32.2. The Morgan fingerprint density at radius 3 is 0.647 bits per heavy atom. The number of rotatable bonds is 8. The summed E-state index contributed by atoms with van der Waals surface area (Å²) in [6, 6.07) is 14.5. The van der Waals surface area contributed by atoms with Gasteiger partial charge in [0.15, 0.2) is 0 Å². The number of cyclic esters (lactones) is 4. The second-order valence-corrected chi connectivity index (χ2v) is 14.0. The van der Waals surface area contributed by atoms with Crippen molar-refractivity contribution >= 4 is 104 Å². The van der Waals surface area contributed by atoms with Gasteiger partial charge in [-0.15, -0.1) is 0 Å². The van der Waals surface area contributed by atoms with Gasteiger partial charge >= 0.3 is 23.9 Å². The zero-order valence-electron chi connectivity index (χ0n) is 35.3. The molecule has 0 bridgehead atoms. The van der Waals surface area contributed by atoms with E-state index >= 15 is 0 Å². The lowest BCUT2D eigenvalue weighted by molar-refractivity contribution is -0.256. The van der Waals surface area contributed by atoms with Crippen LogP contribution < -0.4 is 41.7 Å². The van der Waals surface area contributed by atoms with Gasteiger partial charge in [0.1, 0.15) is 0 Å². The molecule has 2 aliphatic heterocycles. The van der Waals surface area contributed by atoms with Crippen LogP contribution in [0.4, 0.5) is 0 Å². The predicted octanol–water partition coefficient (Wildman–Crippen LogP) is -1.97. The van der Waals surface area contributed by atoms with Crippen LogP contribution in [-0.2, 0) is 9.47 Å². The number of carboxylic acid groups (broad SMARTS) is 4. The van der Waals surface area contributed by atoms with Crippen molar-refractivity contribution in [2.75, 3.05) is 28.2 Å². The van der Waals surface area contributed by atoms with Crippen molar-refractivity contribution in [3.05, 3.63) is 140 Å². The SMILES string of the molecule is CNC(=O)c1ccc(C(=O)NC)c2c(C(=O)[O-])ccc(C(=O)[O-])c12.CNC(=O)c1ccc(C(=O)[O-])c2c(C(=O)NC)ccc(C(=O)[O-])c12.O=C1OC(=O)c2ccc3c4c(ccc1c24)C(=O)OC3=O. The van der Waals surface area contributed by atoms with Gasteiger partial charge in [-0.2, -0.15) is 0 Å². The molecule has 68 heavy (non-hydrogen) atoms. The topological polar surface area (TPSA) is 364 Å². The maximum atomic E-state index is 12.0. The third-order valence-corrected chi connectivity index (χ3v) is 10.5. The largest absolute Gasteiger partial charge is 0.545 e. The number of carbonyl (C=O) groups excluding carboxylic acids is 12. The quantitative estimate of drug-likeness (QED) is 0.0950. The molecule has 0 fully saturated rings. The van der Waals surface area contributed by atoms with Crippen LogP contribution in [0.2, 0.25) is 0 Å². The highest BCUT2D eigenvalue weighted by atomic mass is 16.6. The second-order valence-electron chi connectivity index (χ2n) is 14.0. The Bertz CT molecular complexity index is 2970. The third kappa shape index (κ3) is 8.22. The first-order valence-electron chi connectivity index (χ1n) is 19.3. The highest BCUT2D eigenvalue weighted by molar-refractivity contribution is 6.29. The molecule has 22 heteroatoms. The Morgan fingerprint density at radius 1 is 0.309 bits per heavy atom. The van der Waals surface area contributed by atoms with Crippen LogP contribution in [0.5, 0.6) is 0 Å². The standard InChI is InChI=1S/2C16H14N2O6.C14H4O6/c1-17-13(19)7-3-5-10(16(23)24)12-8(14(20)18-2)4-6-9(11(7)12)15(21)22;1-17-13(19)7-3-4-8(14(20)18-2)12-10(16(23)24)6-5-9(11(7)12)15(21)22;15-11-5-1-2-6-10-8(14(18)20-12(6)16)4-3-7(9(5)10)13(17)19-11/h2*3-6H,1-2H3,(H,17,19)(H,18,20)(H,21,22)(H,23,24);1-4H/p-4. The summed E-state index contributed by atoms with van der Waals surface area (Å²) < 4.78 is 9.22. The Hall–Kier alpha value is -9.86. The summed E-state index contributed by atoms with van der Waals surface area (Å²) in [5.41, 5.74) is -1.37. The van der Waals surface area contributed by atoms with Crippen molar-refractivity contribution in [2.45, 2.75) is 0 Å². The van der Waals surface area contributed by atoms with Gasteiger partial charge in [0.25, 0.3) is 23.6 Å². The number of carboxylic acids is 4. The monoisotopic (exact) mass is 924 g/mol. The number of amides is 4. The Balaban J connectivity index is 0.000000168. The van der Waals surface area contributed by atoms with Gasteiger partial charge in [-0.1, -0.05) is 24.3 Å². The van der Waals surface area contributed by atoms with E-state index in [4.69, 9.17) is 0 Å². The Morgan fingerprint density at radius 2 is 0.485 bits per heavy atom. The van der Waals surface area contributed by atoms with Crippen LogP contribution in [0.1, 0.15) is 124 Å². The predicted molar refractivity (Wildman–Crippen MR) is 222 cm³/mol. The van der Waals surface area contributed by atoms with Crippen molar-refractivity contribution in [1.82, 2.24) is 21.3 Å². The van der Waals surface area contributed by atoms with Crippen molar-refractivity contribution in [2.24, 2.45) is 0 Å². The number of aromatic carboxylic acids is 4. The highest BCUT2D eigenvalue weighted by Gasteiger charge is 2.35. The van der Waals surface area contributed by atoms with Gasteiger partial charge in [0.05, 0.1) is 46.1 Å². The molecule has 2 aliphatic rings. The molecular weight excluding hydrogens is 897 g/mol. The van der Waals surface area contributed by atoms with E-state index < -0.39 is 93.6 Å². The lowest BCUT2D eigenvalue weighted by atomic mass is 9.89. The fourth-order valence-electron chi connectivity index (χ4n) is 7.53. The molecule has 344 valence electrons. The zero-order valence-corrected chi connectivity index (χ0v) is 35.3. The molecule has 0 saturated heterocycles. The van der Waals surface area contributed by atoms with Gasteiger partial charge < -0.3 is 70.3 Å². The minimum atomic E-state index is -1.61. The third-order valence-electron chi connectivity index (χ3n) is 10.5. The molecule has 0 atom stereocenters. The zero-order chi connectivity index (χ0) is 50.0. The van der Waals surface area contributed by atoms with Gasteiger partial charge in [0, 0.05) is 105 Å². The first-order valence-corrected chi connectivity index (χ1v) is 19.3. The molecule has 0 radical (unpaired) electrons. The molecule has 2 heterocycles. The molecule has 6 aromatic carbocycles. The van der Waals surface area contributed by atoms with E-state index in [1.54, 1.807) is 0 Å². The number of hydrogen-bond donors (Lipinski definition) is 4. The van der Waals surface area contributed by atoms with E-state index in [1.807, 2.05) is 0 Å². The fraction of sp³-hybridized carbons (Fsp3) is 0.0870. The van der Waals surface area contributed by atoms with Crippen LogP contribution in [0.25, 0.3) is 32.3 Å².